The van der Waals surface area contributed by atoms with Crippen molar-refractivity contribution in [2.45, 2.75) is 72.9 Å². The molecule has 1 aromatic carbocycles. The lowest BCUT2D eigenvalue weighted by molar-refractivity contribution is -0.132. The Morgan fingerprint density at radius 3 is 2.17 bits per heavy atom. The summed E-state index contributed by atoms with van der Waals surface area (Å²) in [5, 5.41) is 0. The van der Waals surface area contributed by atoms with E-state index in [4.69, 9.17) is 4.98 Å². The highest BCUT2D eigenvalue weighted by atomic mass is 16.2. The molecule has 0 saturated carbocycles. The summed E-state index contributed by atoms with van der Waals surface area (Å²) in [6.07, 6.45) is 5.13. The molecular formula is C25H40N4O. The maximum atomic E-state index is 13.4. The first-order chi connectivity index (χ1) is 14.4. The van der Waals surface area contributed by atoms with Gasteiger partial charge in [0.05, 0.1) is 17.1 Å². The fourth-order valence-corrected chi connectivity index (χ4v) is 4.62. The van der Waals surface area contributed by atoms with Crippen LogP contribution in [-0.2, 0) is 11.3 Å². The second-order valence-electron chi connectivity index (χ2n) is 9.76. The van der Waals surface area contributed by atoms with E-state index in [-0.39, 0.29) is 11.9 Å². The number of likely N-dealkylation sites (tertiary alicyclic amines) is 1. The minimum Gasteiger partial charge on any atom is -0.341 e. The maximum absolute atomic E-state index is 13.4. The molecule has 1 amide bonds. The van der Waals surface area contributed by atoms with E-state index in [9.17, 15) is 4.79 Å². The topological polar surface area (TPSA) is 41.4 Å². The number of fused-ring (bicyclic) bond motifs is 1. The number of hydrogen-bond donors (Lipinski definition) is 0. The molecule has 1 aliphatic rings. The van der Waals surface area contributed by atoms with Crippen molar-refractivity contribution in [2.75, 3.05) is 26.2 Å². The molecule has 0 bridgehead atoms. The van der Waals surface area contributed by atoms with E-state index in [2.05, 4.69) is 56.2 Å². The Bertz CT molecular complexity index is 808. The molecule has 0 N–H and O–H groups in total. The molecule has 1 atom stereocenters. The van der Waals surface area contributed by atoms with Crippen molar-refractivity contribution in [1.82, 2.24) is 19.4 Å². The number of nitrogens with zero attached hydrogens (tertiary/aromatic N) is 4. The molecule has 5 nitrogen and oxygen atoms in total. The molecule has 0 spiro atoms. The Balaban J connectivity index is 1.91. The Morgan fingerprint density at radius 1 is 0.967 bits per heavy atom. The third-order valence-corrected chi connectivity index (χ3v) is 6.06. The van der Waals surface area contributed by atoms with Gasteiger partial charge in [-0.15, -0.1) is 0 Å². The summed E-state index contributed by atoms with van der Waals surface area (Å²) in [5.74, 6) is 2.15. The molecule has 5 heteroatoms. The summed E-state index contributed by atoms with van der Waals surface area (Å²) in [6, 6.07) is 8.46. The standard InChI is InChI=1S/C25H40N4O/c1-19(2)16-28(17-20(3)4)24(30)18-29-23-13-9-8-12-22(23)26-25(29)21(5)27-14-10-6-7-11-15-27/h8-9,12-13,19-21H,6-7,10-11,14-18H2,1-5H3. The summed E-state index contributed by atoms with van der Waals surface area (Å²) >= 11 is 0. The van der Waals surface area contributed by atoms with E-state index in [1.807, 2.05) is 17.0 Å². The summed E-state index contributed by atoms with van der Waals surface area (Å²) in [4.78, 5) is 23.0. The van der Waals surface area contributed by atoms with Crippen LogP contribution in [-0.4, -0.2) is 51.4 Å². The van der Waals surface area contributed by atoms with E-state index in [1.54, 1.807) is 0 Å². The molecule has 1 fully saturated rings. The molecular weight excluding hydrogens is 372 g/mol. The highest BCUT2D eigenvalue weighted by molar-refractivity contribution is 5.81. The molecule has 3 rings (SSSR count). The smallest absolute Gasteiger partial charge is 0.242 e. The van der Waals surface area contributed by atoms with Crippen LogP contribution in [0, 0.1) is 11.8 Å². The van der Waals surface area contributed by atoms with E-state index >= 15 is 0 Å². The predicted octanol–water partition coefficient (Wildman–Crippen LogP) is 5.11. The number of para-hydroxylation sites is 2. The average Bonchev–Trinajstić information content (AvgIpc) is 2.87. The lowest BCUT2D eigenvalue weighted by Gasteiger charge is -2.29. The monoisotopic (exact) mass is 412 g/mol. The van der Waals surface area contributed by atoms with E-state index in [0.717, 1.165) is 43.0 Å². The van der Waals surface area contributed by atoms with Gasteiger partial charge in [-0.3, -0.25) is 9.69 Å². The van der Waals surface area contributed by atoms with Crippen molar-refractivity contribution in [2.24, 2.45) is 11.8 Å². The van der Waals surface area contributed by atoms with E-state index < -0.39 is 0 Å². The highest BCUT2D eigenvalue weighted by Gasteiger charge is 2.25. The van der Waals surface area contributed by atoms with Gasteiger partial charge in [0.2, 0.25) is 5.91 Å². The van der Waals surface area contributed by atoms with Crippen molar-refractivity contribution in [3.05, 3.63) is 30.1 Å². The fourth-order valence-electron chi connectivity index (χ4n) is 4.62. The average molecular weight is 413 g/mol. The molecule has 0 aliphatic carbocycles. The number of aromatic nitrogens is 2. The molecule has 1 unspecified atom stereocenters. The third-order valence-electron chi connectivity index (χ3n) is 6.06. The SMILES string of the molecule is CC(C)CN(CC(C)C)C(=O)Cn1c(C(C)N2CCCCCC2)nc2ccccc21. The molecule has 2 heterocycles. The first-order valence-corrected chi connectivity index (χ1v) is 11.8. The lowest BCUT2D eigenvalue weighted by atomic mass is 10.1. The Hall–Kier alpha value is -1.88. The summed E-state index contributed by atoms with van der Waals surface area (Å²) in [7, 11) is 0. The minimum absolute atomic E-state index is 0.199. The van der Waals surface area contributed by atoms with Crippen molar-refractivity contribution >= 4 is 16.9 Å². The van der Waals surface area contributed by atoms with E-state index in [1.165, 1.54) is 25.7 Å². The molecule has 0 radical (unpaired) electrons. The second-order valence-corrected chi connectivity index (χ2v) is 9.76. The quantitative estimate of drug-likeness (QED) is 0.605. The largest absolute Gasteiger partial charge is 0.341 e. The number of rotatable bonds is 8. The zero-order valence-corrected chi connectivity index (χ0v) is 19.6. The number of hydrogen-bond acceptors (Lipinski definition) is 3. The van der Waals surface area contributed by atoms with Gasteiger partial charge in [-0.1, -0.05) is 52.7 Å². The molecule has 1 aromatic heterocycles. The fraction of sp³-hybridized carbons (Fsp3) is 0.680. The van der Waals surface area contributed by atoms with Crippen LogP contribution in [0.5, 0.6) is 0 Å². The molecule has 1 saturated heterocycles. The Kier molecular flexibility index (Phi) is 7.93. The molecule has 166 valence electrons. The first-order valence-electron chi connectivity index (χ1n) is 11.8. The number of amides is 1. The van der Waals surface area contributed by atoms with Gasteiger partial charge in [0.1, 0.15) is 12.4 Å². The van der Waals surface area contributed by atoms with Crippen molar-refractivity contribution in [1.29, 1.82) is 0 Å². The van der Waals surface area contributed by atoms with Crippen LogP contribution >= 0.6 is 0 Å². The third kappa shape index (κ3) is 5.63. The van der Waals surface area contributed by atoms with Crippen LogP contribution in [0.15, 0.2) is 24.3 Å². The van der Waals surface area contributed by atoms with Crippen LogP contribution in [0.3, 0.4) is 0 Å². The normalized spacial score (nSPS) is 16.9. The van der Waals surface area contributed by atoms with Crippen LogP contribution in [0.4, 0.5) is 0 Å². The number of carbonyl (C=O) groups excluding carboxylic acids is 1. The van der Waals surface area contributed by atoms with Crippen molar-refractivity contribution in [3.8, 4) is 0 Å². The van der Waals surface area contributed by atoms with Crippen LogP contribution < -0.4 is 0 Å². The van der Waals surface area contributed by atoms with Gasteiger partial charge in [-0.2, -0.15) is 0 Å². The lowest BCUT2D eigenvalue weighted by Crippen LogP contribution is -2.39. The summed E-state index contributed by atoms with van der Waals surface area (Å²) < 4.78 is 2.18. The van der Waals surface area contributed by atoms with Gasteiger partial charge in [0.25, 0.3) is 0 Å². The van der Waals surface area contributed by atoms with Crippen molar-refractivity contribution < 1.29 is 4.79 Å². The number of benzene rings is 1. The van der Waals surface area contributed by atoms with Gasteiger partial charge in [0, 0.05) is 13.1 Å². The molecule has 30 heavy (non-hydrogen) atoms. The highest BCUT2D eigenvalue weighted by Crippen LogP contribution is 2.27. The van der Waals surface area contributed by atoms with Gasteiger partial charge in [-0.05, 0) is 56.8 Å². The van der Waals surface area contributed by atoms with Gasteiger partial charge in [-0.25, -0.2) is 4.98 Å². The van der Waals surface area contributed by atoms with Crippen LogP contribution in [0.1, 0.15) is 72.2 Å². The van der Waals surface area contributed by atoms with E-state index in [0.29, 0.717) is 18.4 Å². The van der Waals surface area contributed by atoms with Gasteiger partial charge >= 0.3 is 0 Å². The maximum Gasteiger partial charge on any atom is 0.242 e. The summed E-state index contributed by atoms with van der Waals surface area (Å²) in [6.45, 7) is 15.2. The second kappa shape index (κ2) is 10.4. The number of imidazole rings is 1. The van der Waals surface area contributed by atoms with Crippen LogP contribution in [0.2, 0.25) is 0 Å². The Morgan fingerprint density at radius 2 is 1.57 bits per heavy atom. The predicted molar refractivity (Wildman–Crippen MR) is 124 cm³/mol. The number of carbonyl (C=O) groups is 1. The minimum atomic E-state index is 0.199. The summed E-state index contributed by atoms with van der Waals surface area (Å²) in [5.41, 5.74) is 2.05. The van der Waals surface area contributed by atoms with Crippen LogP contribution in [0.25, 0.3) is 11.0 Å². The van der Waals surface area contributed by atoms with Gasteiger partial charge in [0.15, 0.2) is 0 Å². The molecule has 1 aliphatic heterocycles. The Labute approximate surface area is 182 Å². The van der Waals surface area contributed by atoms with Gasteiger partial charge < -0.3 is 9.47 Å². The first kappa shape index (κ1) is 22.8. The zero-order chi connectivity index (χ0) is 21.7. The zero-order valence-electron chi connectivity index (χ0n) is 19.6. The molecule has 2 aromatic rings. The van der Waals surface area contributed by atoms with Crippen molar-refractivity contribution in [3.63, 3.8) is 0 Å².